The van der Waals surface area contributed by atoms with Gasteiger partial charge in [-0.3, -0.25) is 4.90 Å². The van der Waals surface area contributed by atoms with Gasteiger partial charge in [-0.1, -0.05) is 0 Å². The summed E-state index contributed by atoms with van der Waals surface area (Å²) in [6.45, 7) is 5.35. The van der Waals surface area contributed by atoms with Crippen molar-refractivity contribution in [1.82, 2.24) is 14.8 Å². The van der Waals surface area contributed by atoms with Gasteiger partial charge in [-0.15, -0.1) is 0 Å². The van der Waals surface area contributed by atoms with Gasteiger partial charge in [0.15, 0.2) is 0 Å². The van der Waals surface area contributed by atoms with E-state index in [4.69, 9.17) is 4.74 Å². The quantitative estimate of drug-likeness (QED) is 0.890. The summed E-state index contributed by atoms with van der Waals surface area (Å²) in [7, 11) is 0. The molecule has 128 valence electrons. The molecule has 2 saturated heterocycles. The highest BCUT2D eigenvalue weighted by atomic mass is 16.5. The second-order valence-electron chi connectivity index (χ2n) is 6.58. The van der Waals surface area contributed by atoms with Gasteiger partial charge in [0.1, 0.15) is 0 Å². The molecule has 2 aliphatic heterocycles. The first-order chi connectivity index (χ1) is 11.8. The summed E-state index contributed by atoms with van der Waals surface area (Å²) in [5.41, 5.74) is 1.93. The zero-order valence-corrected chi connectivity index (χ0v) is 13.8. The van der Waals surface area contributed by atoms with Crippen molar-refractivity contribution in [2.75, 3.05) is 44.7 Å². The van der Waals surface area contributed by atoms with Crippen LogP contribution in [0, 0.1) is 0 Å². The first kappa shape index (κ1) is 15.5. The van der Waals surface area contributed by atoms with Gasteiger partial charge in [0, 0.05) is 55.0 Å². The summed E-state index contributed by atoms with van der Waals surface area (Å²) < 4.78 is 5.42. The van der Waals surface area contributed by atoms with E-state index < -0.39 is 0 Å². The van der Waals surface area contributed by atoms with E-state index in [1.807, 2.05) is 35.4 Å². The number of hydrogen-bond donors (Lipinski definition) is 2. The SMILES string of the molecule is O=C(Nc1ccc2[nH]ccc2c1)N1CCC(N2CCOCC2)CC1. The van der Waals surface area contributed by atoms with Gasteiger partial charge in [-0.05, 0) is 37.1 Å². The summed E-state index contributed by atoms with van der Waals surface area (Å²) in [4.78, 5) is 20.1. The number of rotatable bonds is 2. The standard InChI is InChI=1S/C18H24N4O2/c23-18(20-15-1-2-17-14(13-15)3-6-19-17)22-7-4-16(5-8-22)21-9-11-24-12-10-21/h1-3,6,13,16,19H,4-5,7-12H2,(H,20,23). The molecule has 6 nitrogen and oxygen atoms in total. The average molecular weight is 328 g/mol. The van der Waals surface area contributed by atoms with Crippen LogP contribution < -0.4 is 5.32 Å². The number of fused-ring (bicyclic) bond motifs is 1. The Hall–Kier alpha value is -2.05. The summed E-state index contributed by atoms with van der Waals surface area (Å²) in [6.07, 6.45) is 4.00. The number of benzene rings is 1. The normalized spacial score (nSPS) is 20.4. The topological polar surface area (TPSA) is 60.6 Å². The maximum absolute atomic E-state index is 12.5. The Kier molecular flexibility index (Phi) is 4.40. The third-order valence-electron chi connectivity index (χ3n) is 5.12. The minimum Gasteiger partial charge on any atom is -0.379 e. The molecule has 2 aliphatic rings. The summed E-state index contributed by atoms with van der Waals surface area (Å²) in [5, 5.41) is 4.14. The number of morpholine rings is 1. The molecular formula is C18H24N4O2. The molecule has 1 aromatic carbocycles. The van der Waals surface area contributed by atoms with E-state index in [1.54, 1.807) is 0 Å². The molecule has 4 rings (SSSR count). The van der Waals surface area contributed by atoms with Gasteiger partial charge < -0.3 is 19.9 Å². The smallest absolute Gasteiger partial charge is 0.321 e. The van der Waals surface area contributed by atoms with Gasteiger partial charge >= 0.3 is 6.03 Å². The predicted octanol–water partition coefficient (Wildman–Crippen LogP) is 2.50. The molecular weight excluding hydrogens is 304 g/mol. The molecule has 1 aromatic heterocycles. The molecule has 0 saturated carbocycles. The van der Waals surface area contributed by atoms with Crippen molar-refractivity contribution in [2.45, 2.75) is 18.9 Å². The van der Waals surface area contributed by atoms with E-state index in [0.29, 0.717) is 6.04 Å². The molecule has 2 N–H and O–H groups in total. The highest BCUT2D eigenvalue weighted by molar-refractivity contribution is 5.92. The number of anilines is 1. The third-order valence-corrected chi connectivity index (χ3v) is 5.12. The van der Waals surface area contributed by atoms with E-state index in [1.165, 1.54) is 0 Å². The number of piperidine rings is 1. The van der Waals surface area contributed by atoms with Crippen LogP contribution in [0.2, 0.25) is 0 Å². The van der Waals surface area contributed by atoms with Crippen LogP contribution in [0.3, 0.4) is 0 Å². The lowest BCUT2D eigenvalue weighted by Crippen LogP contribution is -2.50. The molecule has 3 heterocycles. The predicted molar refractivity (Wildman–Crippen MR) is 94.3 cm³/mol. The number of nitrogens with zero attached hydrogens (tertiary/aromatic N) is 2. The number of aromatic amines is 1. The largest absolute Gasteiger partial charge is 0.379 e. The zero-order chi connectivity index (χ0) is 16.4. The Morgan fingerprint density at radius 1 is 1.12 bits per heavy atom. The first-order valence-corrected chi connectivity index (χ1v) is 8.74. The fourth-order valence-electron chi connectivity index (χ4n) is 3.71. The minimum atomic E-state index is 0.00492. The fourth-order valence-corrected chi connectivity index (χ4v) is 3.71. The van der Waals surface area contributed by atoms with E-state index in [9.17, 15) is 4.79 Å². The Bertz CT molecular complexity index is 700. The Morgan fingerprint density at radius 3 is 2.71 bits per heavy atom. The zero-order valence-electron chi connectivity index (χ0n) is 13.8. The van der Waals surface area contributed by atoms with Crippen molar-refractivity contribution in [3.8, 4) is 0 Å². The van der Waals surface area contributed by atoms with Gasteiger partial charge in [0.2, 0.25) is 0 Å². The lowest BCUT2D eigenvalue weighted by atomic mass is 10.0. The molecule has 6 heteroatoms. The number of ether oxygens (including phenoxy) is 1. The molecule has 2 fully saturated rings. The van der Waals surface area contributed by atoms with Gasteiger partial charge in [0.25, 0.3) is 0 Å². The molecule has 0 atom stereocenters. The van der Waals surface area contributed by atoms with Crippen molar-refractivity contribution >= 4 is 22.6 Å². The van der Waals surface area contributed by atoms with Gasteiger partial charge in [-0.25, -0.2) is 4.79 Å². The van der Waals surface area contributed by atoms with Crippen LogP contribution in [0.15, 0.2) is 30.5 Å². The Balaban J connectivity index is 1.32. The molecule has 24 heavy (non-hydrogen) atoms. The Labute approximate surface area is 141 Å². The van der Waals surface area contributed by atoms with E-state index in [2.05, 4.69) is 15.2 Å². The summed E-state index contributed by atoms with van der Waals surface area (Å²) >= 11 is 0. The molecule has 0 radical (unpaired) electrons. The highest BCUT2D eigenvalue weighted by Gasteiger charge is 2.27. The van der Waals surface area contributed by atoms with Crippen molar-refractivity contribution < 1.29 is 9.53 Å². The van der Waals surface area contributed by atoms with Crippen LogP contribution in [-0.4, -0.2) is 66.2 Å². The molecule has 2 aromatic rings. The van der Waals surface area contributed by atoms with Crippen LogP contribution in [0.4, 0.5) is 10.5 Å². The second kappa shape index (κ2) is 6.83. The minimum absolute atomic E-state index is 0.00492. The van der Waals surface area contributed by atoms with Gasteiger partial charge in [0.05, 0.1) is 13.2 Å². The number of carbonyl (C=O) groups excluding carboxylic acids is 1. The number of aromatic nitrogens is 1. The van der Waals surface area contributed by atoms with Crippen LogP contribution in [0.25, 0.3) is 10.9 Å². The van der Waals surface area contributed by atoms with Crippen molar-refractivity contribution in [3.05, 3.63) is 30.5 Å². The number of H-pyrrole nitrogens is 1. The number of nitrogens with one attached hydrogen (secondary N) is 2. The monoisotopic (exact) mass is 328 g/mol. The van der Waals surface area contributed by atoms with Gasteiger partial charge in [-0.2, -0.15) is 0 Å². The van der Waals surface area contributed by atoms with Crippen LogP contribution in [-0.2, 0) is 4.74 Å². The molecule has 0 unspecified atom stereocenters. The number of likely N-dealkylation sites (tertiary alicyclic amines) is 1. The van der Waals surface area contributed by atoms with Crippen molar-refractivity contribution in [2.24, 2.45) is 0 Å². The van der Waals surface area contributed by atoms with Crippen LogP contribution >= 0.6 is 0 Å². The number of hydrogen-bond acceptors (Lipinski definition) is 3. The van der Waals surface area contributed by atoms with Crippen LogP contribution in [0.1, 0.15) is 12.8 Å². The lowest BCUT2D eigenvalue weighted by molar-refractivity contribution is 0.00419. The van der Waals surface area contributed by atoms with Crippen LogP contribution in [0.5, 0.6) is 0 Å². The number of amides is 2. The second-order valence-corrected chi connectivity index (χ2v) is 6.58. The molecule has 0 aliphatic carbocycles. The van der Waals surface area contributed by atoms with E-state index >= 15 is 0 Å². The highest BCUT2D eigenvalue weighted by Crippen LogP contribution is 2.21. The number of urea groups is 1. The first-order valence-electron chi connectivity index (χ1n) is 8.74. The van der Waals surface area contributed by atoms with E-state index in [0.717, 1.165) is 68.8 Å². The third kappa shape index (κ3) is 3.25. The average Bonchev–Trinajstić information content (AvgIpc) is 3.10. The maximum atomic E-state index is 12.5. The molecule has 2 amide bonds. The lowest BCUT2D eigenvalue weighted by Gasteiger charge is -2.40. The number of carbonyl (C=O) groups is 1. The van der Waals surface area contributed by atoms with Crippen molar-refractivity contribution in [3.63, 3.8) is 0 Å². The van der Waals surface area contributed by atoms with Crippen molar-refractivity contribution in [1.29, 1.82) is 0 Å². The summed E-state index contributed by atoms with van der Waals surface area (Å²) in [5.74, 6) is 0. The fraction of sp³-hybridized carbons (Fsp3) is 0.500. The van der Waals surface area contributed by atoms with E-state index in [-0.39, 0.29) is 6.03 Å². The summed E-state index contributed by atoms with van der Waals surface area (Å²) in [6, 6.07) is 8.55. The Morgan fingerprint density at radius 2 is 1.92 bits per heavy atom. The molecule has 0 spiro atoms. The maximum Gasteiger partial charge on any atom is 0.321 e. The molecule has 0 bridgehead atoms.